The van der Waals surface area contributed by atoms with Crippen molar-refractivity contribution in [3.05, 3.63) is 51.1 Å². The second-order valence-corrected chi connectivity index (χ2v) is 4.21. The fourth-order valence-corrected chi connectivity index (χ4v) is 1.97. The minimum atomic E-state index is -1.22. The number of aromatic nitrogens is 3. The summed E-state index contributed by atoms with van der Waals surface area (Å²) in [5.41, 5.74) is -0.471. The number of halogens is 1. The summed E-state index contributed by atoms with van der Waals surface area (Å²) >= 11 is 0. The van der Waals surface area contributed by atoms with Crippen molar-refractivity contribution in [3.8, 4) is 0 Å². The highest BCUT2D eigenvalue weighted by Crippen LogP contribution is 2.21. The molecule has 0 radical (unpaired) electrons. The molecular formula is C12H11FN4O4. The van der Waals surface area contributed by atoms with Crippen LogP contribution in [0.5, 0.6) is 0 Å². The Bertz CT molecular complexity index is 713. The molecule has 0 aliphatic rings. The van der Waals surface area contributed by atoms with Crippen LogP contribution in [0.2, 0.25) is 0 Å². The van der Waals surface area contributed by atoms with Crippen LogP contribution >= 0.6 is 0 Å². The number of carboxylic acid groups (broad SMARTS) is 1. The molecule has 0 aliphatic carbocycles. The Morgan fingerprint density at radius 2 is 2.24 bits per heavy atom. The second kappa shape index (κ2) is 5.65. The summed E-state index contributed by atoms with van der Waals surface area (Å²) in [6.07, 6.45) is 0.338. The SMILES string of the molecule is CCc1c(C(=O)O)nnn1Cc1cccc([N+](=O)[O-])c1F. The molecule has 1 heterocycles. The van der Waals surface area contributed by atoms with E-state index in [4.69, 9.17) is 5.11 Å². The third-order valence-corrected chi connectivity index (χ3v) is 2.95. The molecule has 0 amide bonds. The molecule has 0 saturated heterocycles. The van der Waals surface area contributed by atoms with Gasteiger partial charge in [-0.3, -0.25) is 10.1 Å². The van der Waals surface area contributed by atoms with Gasteiger partial charge in [0.15, 0.2) is 5.69 Å². The molecule has 0 bridgehead atoms. The van der Waals surface area contributed by atoms with Crippen molar-refractivity contribution in [1.29, 1.82) is 0 Å². The first-order valence-corrected chi connectivity index (χ1v) is 6.03. The number of aromatic carboxylic acids is 1. The van der Waals surface area contributed by atoms with Gasteiger partial charge in [0.05, 0.1) is 17.2 Å². The summed E-state index contributed by atoms with van der Waals surface area (Å²) in [5, 5.41) is 26.9. The zero-order chi connectivity index (χ0) is 15.6. The summed E-state index contributed by atoms with van der Waals surface area (Å²) in [4.78, 5) is 20.9. The standard InChI is InChI=1S/C12H11FN4O4/c1-2-8-11(12(18)19)14-15-16(8)6-7-4-3-5-9(10(7)13)17(20)21/h3-5H,2,6H2,1H3,(H,18,19). The quantitative estimate of drug-likeness (QED) is 0.662. The van der Waals surface area contributed by atoms with Crippen LogP contribution in [0.4, 0.5) is 10.1 Å². The number of hydrogen-bond donors (Lipinski definition) is 1. The zero-order valence-corrected chi connectivity index (χ0v) is 11.0. The molecule has 8 nitrogen and oxygen atoms in total. The largest absolute Gasteiger partial charge is 0.476 e. The number of hydrogen-bond acceptors (Lipinski definition) is 5. The number of nitro benzene ring substituents is 1. The van der Waals surface area contributed by atoms with E-state index < -0.39 is 22.4 Å². The molecule has 0 fully saturated rings. The molecule has 2 rings (SSSR count). The average molecular weight is 294 g/mol. The number of rotatable bonds is 5. The minimum absolute atomic E-state index is 0.0424. The molecule has 21 heavy (non-hydrogen) atoms. The molecule has 0 unspecified atom stereocenters. The lowest BCUT2D eigenvalue weighted by Crippen LogP contribution is -2.10. The fourth-order valence-electron chi connectivity index (χ4n) is 1.97. The first-order valence-electron chi connectivity index (χ1n) is 6.03. The summed E-state index contributed by atoms with van der Waals surface area (Å²) < 4.78 is 15.2. The van der Waals surface area contributed by atoms with Gasteiger partial charge in [0.1, 0.15) is 0 Å². The van der Waals surface area contributed by atoms with Crippen LogP contribution in [0.3, 0.4) is 0 Å². The van der Waals surface area contributed by atoms with Crippen molar-refractivity contribution in [1.82, 2.24) is 15.0 Å². The van der Waals surface area contributed by atoms with E-state index in [-0.39, 0.29) is 17.8 Å². The molecule has 110 valence electrons. The lowest BCUT2D eigenvalue weighted by atomic mass is 10.1. The second-order valence-electron chi connectivity index (χ2n) is 4.21. The van der Waals surface area contributed by atoms with Gasteiger partial charge in [0.2, 0.25) is 5.82 Å². The van der Waals surface area contributed by atoms with E-state index in [9.17, 15) is 19.3 Å². The fraction of sp³-hybridized carbons (Fsp3) is 0.250. The number of nitro groups is 1. The van der Waals surface area contributed by atoms with E-state index in [1.54, 1.807) is 6.92 Å². The van der Waals surface area contributed by atoms with E-state index in [1.807, 2.05) is 0 Å². The van der Waals surface area contributed by atoms with Gasteiger partial charge in [-0.15, -0.1) is 5.10 Å². The Labute approximate surface area is 118 Å². The third-order valence-electron chi connectivity index (χ3n) is 2.95. The summed E-state index contributed by atoms with van der Waals surface area (Å²) in [6.45, 7) is 1.59. The summed E-state index contributed by atoms with van der Waals surface area (Å²) in [6, 6.07) is 3.80. The number of nitrogens with zero attached hydrogens (tertiary/aromatic N) is 4. The number of benzene rings is 1. The van der Waals surface area contributed by atoms with Gasteiger partial charge < -0.3 is 5.11 Å². The van der Waals surface area contributed by atoms with Gasteiger partial charge in [-0.2, -0.15) is 4.39 Å². The van der Waals surface area contributed by atoms with Crippen LogP contribution < -0.4 is 0 Å². The van der Waals surface area contributed by atoms with Crippen molar-refractivity contribution in [2.75, 3.05) is 0 Å². The minimum Gasteiger partial charge on any atom is -0.476 e. The van der Waals surface area contributed by atoms with Crippen LogP contribution in [0.25, 0.3) is 0 Å². The van der Waals surface area contributed by atoms with Crippen LogP contribution in [0, 0.1) is 15.9 Å². The smallest absolute Gasteiger partial charge is 0.358 e. The first kappa shape index (κ1) is 14.6. The van der Waals surface area contributed by atoms with Crippen molar-refractivity contribution in [3.63, 3.8) is 0 Å². The van der Waals surface area contributed by atoms with Gasteiger partial charge in [0.25, 0.3) is 0 Å². The lowest BCUT2D eigenvalue weighted by molar-refractivity contribution is -0.387. The van der Waals surface area contributed by atoms with Crippen molar-refractivity contribution >= 4 is 11.7 Å². The predicted octanol–water partition coefficient (Wildman–Crippen LogP) is 1.63. The Balaban J connectivity index is 2.42. The van der Waals surface area contributed by atoms with E-state index >= 15 is 0 Å². The molecule has 2 aromatic rings. The zero-order valence-electron chi connectivity index (χ0n) is 11.0. The van der Waals surface area contributed by atoms with Crippen molar-refractivity contribution < 1.29 is 19.2 Å². The Hall–Kier alpha value is -2.84. The average Bonchev–Trinajstić information content (AvgIpc) is 2.83. The highest BCUT2D eigenvalue weighted by Gasteiger charge is 2.21. The van der Waals surface area contributed by atoms with E-state index in [1.165, 1.54) is 16.8 Å². The van der Waals surface area contributed by atoms with E-state index in [0.717, 1.165) is 6.07 Å². The van der Waals surface area contributed by atoms with Gasteiger partial charge in [0, 0.05) is 11.6 Å². The molecule has 0 atom stereocenters. The van der Waals surface area contributed by atoms with E-state index in [0.29, 0.717) is 12.1 Å². The monoisotopic (exact) mass is 294 g/mol. The third kappa shape index (κ3) is 2.71. The first-order chi connectivity index (χ1) is 9.95. The summed E-state index contributed by atoms with van der Waals surface area (Å²) in [7, 11) is 0. The van der Waals surface area contributed by atoms with Gasteiger partial charge in [-0.25, -0.2) is 9.48 Å². The van der Waals surface area contributed by atoms with Gasteiger partial charge in [-0.1, -0.05) is 24.3 Å². The maximum absolute atomic E-state index is 14.0. The number of carboxylic acids is 1. The Morgan fingerprint density at radius 1 is 1.52 bits per heavy atom. The molecule has 1 aromatic heterocycles. The number of carbonyl (C=O) groups is 1. The maximum atomic E-state index is 14.0. The Morgan fingerprint density at radius 3 is 2.81 bits per heavy atom. The lowest BCUT2D eigenvalue weighted by Gasteiger charge is -2.06. The highest BCUT2D eigenvalue weighted by molar-refractivity contribution is 5.86. The van der Waals surface area contributed by atoms with Crippen LogP contribution in [0.15, 0.2) is 18.2 Å². The Kier molecular flexibility index (Phi) is 3.92. The molecule has 9 heteroatoms. The van der Waals surface area contributed by atoms with Crippen LogP contribution in [0.1, 0.15) is 28.7 Å². The highest BCUT2D eigenvalue weighted by atomic mass is 19.1. The maximum Gasteiger partial charge on any atom is 0.358 e. The summed E-state index contributed by atoms with van der Waals surface area (Å²) in [5.74, 6) is -2.19. The molecule has 0 saturated carbocycles. The van der Waals surface area contributed by atoms with Crippen molar-refractivity contribution in [2.45, 2.75) is 19.9 Å². The van der Waals surface area contributed by atoms with Gasteiger partial charge in [-0.05, 0) is 6.42 Å². The van der Waals surface area contributed by atoms with Crippen LogP contribution in [-0.4, -0.2) is 31.0 Å². The molecule has 0 spiro atoms. The molecule has 1 N–H and O–H groups in total. The predicted molar refractivity (Wildman–Crippen MR) is 68.5 cm³/mol. The normalized spacial score (nSPS) is 10.6. The van der Waals surface area contributed by atoms with Crippen LogP contribution in [-0.2, 0) is 13.0 Å². The molecular weight excluding hydrogens is 283 g/mol. The van der Waals surface area contributed by atoms with Crippen molar-refractivity contribution in [2.24, 2.45) is 0 Å². The topological polar surface area (TPSA) is 111 Å². The van der Waals surface area contributed by atoms with Gasteiger partial charge >= 0.3 is 11.7 Å². The molecule has 1 aromatic carbocycles. The molecule has 0 aliphatic heterocycles. The van der Waals surface area contributed by atoms with E-state index in [2.05, 4.69) is 10.3 Å².